The monoisotopic (exact) mass is 625 g/mol. The molecule has 0 radical (unpaired) electrons. The van der Waals surface area contributed by atoms with Gasteiger partial charge in [-0.2, -0.15) is 0 Å². The van der Waals surface area contributed by atoms with Crippen LogP contribution in [0, 0.1) is 0 Å². The fourth-order valence-corrected chi connectivity index (χ4v) is 4.57. The predicted octanol–water partition coefficient (Wildman–Crippen LogP) is 11.6. The molecule has 0 aromatic rings. The van der Waals surface area contributed by atoms with E-state index in [1.807, 2.05) is 0 Å². The van der Waals surface area contributed by atoms with Gasteiger partial charge in [0, 0.05) is 13.0 Å². The Morgan fingerprint density at radius 3 is 1.40 bits per heavy atom. The fraction of sp³-hybridized carbons (Fsp3) is 0.634. The van der Waals surface area contributed by atoms with Crippen molar-refractivity contribution in [3.63, 3.8) is 0 Å². The van der Waals surface area contributed by atoms with E-state index in [1.165, 1.54) is 44.9 Å². The van der Waals surface area contributed by atoms with Crippen molar-refractivity contribution in [2.45, 2.75) is 148 Å². The van der Waals surface area contributed by atoms with Gasteiger partial charge < -0.3 is 14.6 Å². The Labute approximate surface area is 278 Å². The number of esters is 1. The van der Waals surface area contributed by atoms with Gasteiger partial charge in [-0.3, -0.25) is 4.79 Å². The molecule has 1 N–H and O–H groups in total. The summed E-state index contributed by atoms with van der Waals surface area (Å²) in [5, 5.41) is 9.55. The van der Waals surface area contributed by atoms with Crippen LogP contribution < -0.4 is 0 Å². The number of carbonyl (C=O) groups is 1. The third kappa shape index (κ3) is 35.9. The lowest BCUT2D eigenvalue weighted by Gasteiger charge is -2.15. The number of aliphatic hydroxyl groups excluding tert-OH is 1. The fourth-order valence-electron chi connectivity index (χ4n) is 4.57. The number of carbonyl (C=O) groups excluding carboxylic acids is 1. The third-order valence-corrected chi connectivity index (χ3v) is 7.22. The molecule has 0 aliphatic carbocycles. The van der Waals surface area contributed by atoms with E-state index in [1.54, 1.807) is 0 Å². The molecular formula is C41H68O4. The third-order valence-electron chi connectivity index (χ3n) is 7.22. The zero-order valence-electron chi connectivity index (χ0n) is 29.1. The van der Waals surface area contributed by atoms with E-state index in [-0.39, 0.29) is 19.2 Å². The average molecular weight is 625 g/mol. The van der Waals surface area contributed by atoms with E-state index in [4.69, 9.17) is 9.47 Å². The molecule has 4 nitrogen and oxygen atoms in total. The zero-order valence-corrected chi connectivity index (χ0v) is 29.1. The van der Waals surface area contributed by atoms with Gasteiger partial charge in [-0.05, 0) is 83.5 Å². The molecule has 256 valence electrons. The highest BCUT2D eigenvalue weighted by Gasteiger charge is 2.13. The van der Waals surface area contributed by atoms with Crippen LogP contribution in [-0.4, -0.2) is 37.0 Å². The summed E-state index contributed by atoms with van der Waals surface area (Å²) in [6.07, 6.45) is 52.0. The lowest BCUT2D eigenvalue weighted by Crippen LogP contribution is -2.27. The van der Waals surface area contributed by atoms with E-state index in [2.05, 4.69) is 98.9 Å². The maximum absolute atomic E-state index is 12.1. The molecule has 0 aliphatic heterocycles. The standard InChI is InChI=1S/C41H68O4/c1-3-5-7-9-11-13-15-17-19-20-21-23-25-27-29-31-33-35-37-44-39-40(38-42)45-41(43)36-34-32-30-28-26-24-22-18-16-14-12-10-8-6-4-2/h5-8,11-14,17-19,22,26,28,40,42H,3-4,9-10,15-16,20-21,23-25,27,29-39H2,1-2H3/b7-5-,8-6-,13-11-,14-12-,19-17-,22-18-,28-26-. The molecule has 0 heterocycles. The first-order valence-corrected chi connectivity index (χ1v) is 18.2. The van der Waals surface area contributed by atoms with E-state index < -0.39 is 6.10 Å². The average Bonchev–Trinajstić information content (AvgIpc) is 3.05. The molecule has 0 spiro atoms. The van der Waals surface area contributed by atoms with Crippen LogP contribution in [-0.2, 0) is 14.3 Å². The van der Waals surface area contributed by atoms with Crippen LogP contribution >= 0.6 is 0 Å². The molecule has 0 fully saturated rings. The number of aliphatic hydroxyl groups is 1. The van der Waals surface area contributed by atoms with Gasteiger partial charge in [-0.1, -0.05) is 137 Å². The van der Waals surface area contributed by atoms with Crippen LogP contribution in [0.15, 0.2) is 85.1 Å². The highest BCUT2D eigenvalue weighted by molar-refractivity contribution is 5.69. The lowest BCUT2D eigenvalue weighted by molar-refractivity contribution is -0.154. The van der Waals surface area contributed by atoms with E-state index in [0.717, 1.165) is 77.0 Å². The molecule has 1 unspecified atom stereocenters. The second kappa shape index (κ2) is 37.8. The van der Waals surface area contributed by atoms with Crippen molar-refractivity contribution < 1.29 is 19.4 Å². The molecule has 4 heteroatoms. The number of hydrogen-bond acceptors (Lipinski definition) is 4. The summed E-state index contributed by atoms with van der Waals surface area (Å²) in [6.45, 7) is 5.04. The number of ether oxygens (including phenoxy) is 2. The Morgan fingerprint density at radius 2 is 0.933 bits per heavy atom. The molecule has 45 heavy (non-hydrogen) atoms. The number of hydrogen-bond donors (Lipinski definition) is 1. The van der Waals surface area contributed by atoms with Crippen LogP contribution in [0.5, 0.6) is 0 Å². The molecule has 0 saturated heterocycles. The molecule has 0 amide bonds. The normalized spacial score (nSPS) is 13.4. The lowest BCUT2D eigenvalue weighted by atomic mass is 10.1. The molecule has 0 rings (SSSR count). The van der Waals surface area contributed by atoms with Crippen molar-refractivity contribution in [2.24, 2.45) is 0 Å². The van der Waals surface area contributed by atoms with Crippen molar-refractivity contribution >= 4 is 5.97 Å². The summed E-state index contributed by atoms with van der Waals surface area (Å²) in [5.74, 6) is -0.248. The number of unbranched alkanes of at least 4 members (excludes halogenated alkanes) is 10. The van der Waals surface area contributed by atoms with Gasteiger partial charge in [0.05, 0.1) is 13.2 Å². The smallest absolute Gasteiger partial charge is 0.306 e. The molecule has 0 aromatic heterocycles. The minimum Gasteiger partial charge on any atom is -0.457 e. The van der Waals surface area contributed by atoms with Crippen molar-refractivity contribution in [3.05, 3.63) is 85.1 Å². The first kappa shape index (κ1) is 42.6. The molecule has 0 bridgehead atoms. The summed E-state index contributed by atoms with van der Waals surface area (Å²) in [6, 6.07) is 0. The topological polar surface area (TPSA) is 55.8 Å². The van der Waals surface area contributed by atoms with Crippen LogP contribution in [0.25, 0.3) is 0 Å². The highest BCUT2D eigenvalue weighted by Crippen LogP contribution is 2.11. The molecular weight excluding hydrogens is 556 g/mol. The Hall–Kier alpha value is -2.43. The van der Waals surface area contributed by atoms with Crippen LogP contribution in [0.3, 0.4) is 0 Å². The van der Waals surface area contributed by atoms with Crippen molar-refractivity contribution in [2.75, 3.05) is 19.8 Å². The molecule has 0 saturated carbocycles. The first-order chi connectivity index (χ1) is 22.2. The molecule has 0 aromatic carbocycles. The summed E-state index contributed by atoms with van der Waals surface area (Å²) in [4.78, 5) is 12.1. The second-order valence-corrected chi connectivity index (χ2v) is 11.5. The van der Waals surface area contributed by atoms with E-state index >= 15 is 0 Å². The van der Waals surface area contributed by atoms with Gasteiger partial charge in [0.25, 0.3) is 0 Å². The van der Waals surface area contributed by atoms with Crippen molar-refractivity contribution in [1.29, 1.82) is 0 Å². The Balaban J connectivity index is 3.56. The van der Waals surface area contributed by atoms with Gasteiger partial charge >= 0.3 is 5.97 Å². The maximum Gasteiger partial charge on any atom is 0.306 e. The quantitative estimate of drug-likeness (QED) is 0.0459. The van der Waals surface area contributed by atoms with Gasteiger partial charge in [0.1, 0.15) is 6.10 Å². The largest absolute Gasteiger partial charge is 0.457 e. The minimum atomic E-state index is -0.564. The Kier molecular flexibility index (Phi) is 35.7. The van der Waals surface area contributed by atoms with Gasteiger partial charge in [0.15, 0.2) is 0 Å². The number of allylic oxidation sites excluding steroid dienone is 14. The maximum atomic E-state index is 12.1. The highest BCUT2D eigenvalue weighted by atomic mass is 16.6. The Bertz CT molecular complexity index is 830. The van der Waals surface area contributed by atoms with Crippen molar-refractivity contribution in [1.82, 2.24) is 0 Å². The van der Waals surface area contributed by atoms with E-state index in [0.29, 0.717) is 13.0 Å². The summed E-state index contributed by atoms with van der Waals surface area (Å²) in [7, 11) is 0. The van der Waals surface area contributed by atoms with Crippen LogP contribution in [0.4, 0.5) is 0 Å². The minimum absolute atomic E-state index is 0.197. The molecule has 1 atom stereocenters. The first-order valence-electron chi connectivity index (χ1n) is 18.2. The van der Waals surface area contributed by atoms with Crippen molar-refractivity contribution in [3.8, 4) is 0 Å². The van der Waals surface area contributed by atoms with Gasteiger partial charge in [-0.25, -0.2) is 0 Å². The summed E-state index contributed by atoms with van der Waals surface area (Å²) in [5.41, 5.74) is 0. The predicted molar refractivity (Wildman–Crippen MR) is 195 cm³/mol. The summed E-state index contributed by atoms with van der Waals surface area (Å²) >= 11 is 0. The second-order valence-electron chi connectivity index (χ2n) is 11.5. The SMILES string of the molecule is CC/C=C\C/C=C\C/C=C\C/C=C\CCCCC(=O)OC(CO)COCCCCCCCCCC/C=C\C/C=C\C/C=C\CC. The Morgan fingerprint density at radius 1 is 0.533 bits per heavy atom. The number of rotatable bonds is 32. The van der Waals surface area contributed by atoms with Crippen LogP contribution in [0.2, 0.25) is 0 Å². The van der Waals surface area contributed by atoms with Crippen LogP contribution in [0.1, 0.15) is 142 Å². The zero-order chi connectivity index (χ0) is 32.7. The van der Waals surface area contributed by atoms with Gasteiger partial charge in [-0.15, -0.1) is 0 Å². The molecule has 0 aliphatic rings. The van der Waals surface area contributed by atoms with E-state index in [9.17, 15) is 9.90 Å². The van der Waals surface area contributed by atoms with Gasteiger partial charge in [0.2, 0.25) is 0 Å². The summed E-state index contributed by atoms with van der Waals surface area (Å²) < 4.78 is 11.1.